The van der Waals surface area contributed by atoms with E-state index in [1.807, 2.05) is 0 Å². The van der Waals surface area contributed by atoms with Gasteiger partial charge in [0.15, 0.2) is 0 Å². The van der Waals surface area contributed by atoms with E-state index in [4.69, 9.17) is 4.74 Å². The van der Waals surface area contributed by atoms with Gasteiger partial charge in [-0.1, -0.05) is 6.07 Å². The summed E-state index contributed by atoms with van der Waals surface area (Å²) in [5.41, 5.74) is 1.60. The van der Waals surface area contributed by atoms with Crippen molar-refractivity contribution in [1.29, 1.82) is 0 Å². The van der Waals surface area contributed by atoms with Crippen molar-refractivity contribution >= 4 is 21.6 Å². The van der Waals surface area contributed by atoms with Gasteiger partial charge in [-0.15, -0.1) is 5.10 Å². The largest absolute Gasteiger partial charge is 0.379 e. The van der Waals surface area contributed by atoms with Gasteiger partial charge < -0.3 is 10.1 Å². The minimum Gasteiger partial charge on any atom is -0.379 e. The standard InChI is InChI=1S/C18H18N6O4S/c25-18(20-15-2-1-3-16(12-15)24-13-19-21-22-24)14-4-6-17(7-5-14)29(26,27)23-8-10-28-11-9-23/h1-7,12-13H,8-11H2,(H,20,25). The van der Waals surface area contributed by atoms with Gasteiger partial charge in [0.2, 0.25) is 10.0 Å². The summed E-state index contributed by atoms with van der Waals surface area (Å²) in [6.07, 6.45) is 1.45. The molecule has 2 aromatic carbocycles. The summed E-state index contributed by atoms with van der Waals surface area (Å²) in [5.74, 6) is -0.353. The molecule has 1 aliphatic heterocycles. The molecule has 0 radical (unpaired) electrons. The monoisotopic (exact) mass is 414 g/mol. The Balaban J connectivity index is 1.48. The van der Waals surface area contributed by atoms with Crippen molar-refractivity contribution in [3.05, 3.63) is 60.4 Å². The van der Waals surface area contributed by atoms with Gasteiger partial charge in [-0.3, -0.25) is 4.79 Å². The highest BCUT2D eigenvalue weighted by atomic mass is 32.2. The highest BCUT2D eigenvalue weighted by Crippen LogP contribution is 2.19. The van der Waals surface area contributed by atoms with Crippen LogP contribution in [0.5, 0.6) is 0 Å². The molecule has 1 saturated heterocycles. The van der Waals surface area contributed by atoms with E-state index in [1.165, 1.54) is 39.6 Å². The number of morpholine rings is 1. The van der Waals surface area contributed by atoms with Gasteiger partial charge in [0.25, 0.3) is 5.91 Å². The lowest BCUT2D eigenvalue weighted by atomic mass is 10.2. The highest BCUT2D eigenvalue weighted by molar-refractivity contribution is 7.89. The zero-order valence-corrected chi connectivity index (χ0v) is 16.1. The number of carbonyl (C=O) groups is 1. The van der Waals surface area contributed by atoms with Crippen LogP contribution in [0.3, 0.4) is 0 Å². The van der Waals surface area contributed by atoms with Gasteiger partial charge in [-0.2, -0.15) is 4.31 Å². The number of rotatable bonds is 5. The molecule has 1 aromatic heterocycles. The summed E-state index contributed by atoms with van der Waals surface area (Å²) in [4.78, 5) is 12.7. The van der Waals surface area contributed by atoms with Gasteiger partial charge in [0, 0.05) is 24.3 Å². The number of sulfonamides is 1. The van der Waals surface area contributed by atoms with Gasteiger partial charge in [-0.05, 0) is 52.9 Å². The molecule has 1 N–H and O–H groups in total. The molecule has 0 spiro atoms. The molecule has 0 aliphatic carbocycles. The van der Waals surface area contributed by atoms with Crippen LogP contribution >= 0.6 is 0 Å². The first-order chi connectivity index (χ1) is 14.0. The third-order valence-corrected chi connectivity index (χ3v) is 6.35. The van der Waals surface area contributed by atoms with Crippen molar-refractivity contribution in [1.82, 2.24) is 24.5 Å². The van der Waals surface area contributed by atoms with E-state index < -0.39 is 10.0 Å². The summed E-state index contributed by atoms with van der Waals surface area (Å²) < 4.78 is 33.4. The van der Waals surface area contributed by atoms with E-state index in [9.17, 15) is 13.2 Å². The first-order valence-electron chi connectivity index (χ1n) is 8.87. The quantitative estimate of drug-likeness (QED) is 0.660. The number of hydrogen-bond acceptors (Lipinski definition) is 7. The van der Waals surface area contributed by atoms with Crippen LogP contribution in [-0.4, -0.2) is 65.1 Å². The summed E-state index contributed by atoms with van der Waals surface area (Å²) >= 11 is 0. The second-order valence-electron chi connectivity index (χ2n) is 6.30. The number of nitrogens with one attached hydrogen (secondary N) is 1. The Morgan fingerprint density at radius 1 is 1.07 bits per heavy atom. The second kappa shape index (κ2) is 8.07. The van der Waals surface area contributed by atoms with Gasteiger partial charge in [0.05, 0.1) is 23.8 Å². The molecule has 1 fully saturated rings. The number of anilines is 1. The topological polar surface area (TPSA) is 119 Å². The molecule has 3 aromatic rings. The number of hydrogen-bond donors (Lipinski definition) is 1. The van der Waals surface area contributed by atoms with Crippen LogP contribution in [0.2, 0.25) is 0 Å². The molecule has 150 valence electrons. The summed E-state index contributed by atoms with van der Waals surface area (Å²) in [5, 5.41) is 13.8. The Hall–Kier alpha value is -3.15. The lowest BCUT2D eigenvalue weighted by Crippen LogP contribution is -2.40. The van der Waals surface area contributed by atoms with Gasteiger partial charge in [0.1, 0.15) is 6.33 Å². The van der Waals surface area contributed by atoms with Crippen molar-refractivity contribution < 1.29 is 17.9 Å². The molecule has 2 heterocycles. The predicted molar refractivity (Wildman–Crippen MR) is 103 cm³/mol. The molecule has 29 heavy (non-hydrogen) atoms. The number of nitrogens with zero attached hydrogens (tertiary/aromatic N) is 5. The third-order valence-electron chi connectivity index (χ3n) is 4.44. The highest BCUT2D eigenvalue weighted by Gasteiger charge is 2.26. The second-order valence-corrected chi connectivity index (χ2v) is 8.24. The fraction of sp³-hybridized carbons (Fsp3) is 0.222. The number of tetrazole rings is 1. The maximum atomic E-state index is 12.7. The maximum Gasteiger partial charge on any atom is 0.255 e. The molecule has 0 saturated carbocycles. The van der Waals surface area contributed by atoms with Crippen molar-refractivity contribution in [3.63, 3.8) is 0 Å². The molecular formula is C18H18N6O4S. The number of amides is 1. The zero-order valence-electron chi connectivity index (χ0n) is 15.3. The van der Waals surface area contributed by atoms with Gasteiger partial charge in [-0.25, -0.2) is 13.1 Å². The van der Waals surface area contributed by atoms with E-state index >= 15 is 0 Å². The predicted octanol–water partition coefficient (Wildman–Crippen LogP) is 0.935. The minimum absolute atomic E-state index is 0.150. The van der Waals surface area contributed by atoms with Crippen molar-refractivity contribution in [2.75, 3.05) is 31.6 Å². The summed E-state index contributed by atoms with van der Waals surface area (Å²) in [6, 6.07) is 12.9. The Bertz CT molecular complexity index is 1090. The molecule has 0 unspecified atom stereocenters. The van der Waals surface area contributed by atoms with Crippen molar-refractivity contribution in [2.24, 2.45) is 0 Å². The lowest BCUT2D eigenvalue weighted by molar-refractivity contribution is 0.0730. The fourth-order valence-corrected chi connectivity index (χ4v) is 4.33. The molecule has 11 heteroatoms. The van der Waals surface area contributed by atoms with Crippen LogP contribution in [0.1, 0.15) is 10.4 Å². The number of benzene rings is 2. The zero-order chi connectivity index (χ0) is 20.3. The van der Waals surface area contributed by atoms with Crippen LogP contribution < -0.4 is 5.32 Å². The Morgan fingerprint density at radius 3 is 2.52 bits per heavy atom. The molecule has 10 nitrogen and oxygen atoms in total. The van der Waals surface area contributed by atoms with Crippen LogP contribution in [0, 0.1) is 0 Å². The maximum absolute atomic E-state index is 12.7. The molecule has 4 rings (SSSR count). The smallest absolute Gasteiger partial charge is 0.255 e. The fourth-order valence-electron chi connectivity index (χ4n) is 2.92. The van der Waals surface area contributed by atoms with E-state index in [-0.39, 0.29) is 10.8 Å². The summed E-state index contributed by atoms with van der Waals surface area (Å²) in [7, 11) is -3.59. The molecule has 1 amide bonds. The Morgan fingerprint density at radius 2 is 1.83 bits per heavy atom. The molecular weight excluding hydrogens is 396 g/mol. The van der Waals surface area contributed by atoms with Crippen LogP contribution in [0.15, 0.2) is 59.8 Å². The number of aromatic nitrogens is 4. The molecule has 1 aliphatic rings. The van der Waals surface area contributed by atoms with E-state index in [0.717, 1.165) is 0 Å². The number of carbonyl (C=O) groups excluding carboxylic acids is 1. The van der Waals surface area contributed by atoms with E-state index in [0.29, 0.717) is 43.2 Å². The third kappa shape index (κ3) is 4.16. The normalized spacial score (nSPS) is 15.2. The first kappa shape index (κ1) is 19.2. The van der Waals surface area contributed by atoms with Gasteiger partial charge >= 0.3 is 0 Å². The average Bonchev–Trinajstić information content (AvgIpc) is 3.30. The Labute approximate surface area is 167 Å². The van der Waals surface area contributed by atoms with E-state index in [1.54, 1.807) is 24.3 Å². The average molecular weight is 414 g/mol. The van der Waals surface area contributed by atoms with Crippen LogP contribution in [-0.2, 0) is 14.8 Å². The van der Waals surface area contributed by atoms with Crippen LogP contribution in [0.25, 0.3) is 5.69 Å². The van der Waals surface area contributed by atoms with Crippen LogP contribution in [0.4, 0.5) is 5.69 Å². The number of ether oxygens (including phenoxy) is 1. The van der Waals surface area contributed by atoms with E-state index in [2.05, 4.69) is 20.8 Å². The molecule has 0 atom stereocenters. The Kier molecular flexibility index (Phi) is 5.34. The SMILES string of the molecule is O=C(Nc1cccc(-n2cnnn2)c1)c1ccc(S(=O)(=O)N2CCOCC2)cc1. The minimum atomic E-state index is -3.59. The molecule has 0 bridgehead atoms. The summed E-state index contributed by atoms with van der Waals surface area (Å²) in [6.45, 7) is 1.40. The van der Waals surface area contributed by atoms with Crippen molar-refractivity contribution in [3.8, 4) is 5.69 Å². The lowest BCUT2D eigenvalue weighted by Gasteiger charge is -2.26. The van der Waals surface area contributed by atoms with Crippen molar-refractivity contribution in [2.45, 2.75) is 4.90 Å². The first-order valence-corrected chi connectivity index (χ1v) is 10.3.